The lowest BCUT2D eigenvalue weighted by molar-refractivity contribution is -0.143. The quantitative estimate of drug-likeness (QED) is 0.0272. The third-order valence-corrected chi connectivity index (χ3v) is 12.8. The number of H-pyrrole nitrogens is 1. The van der Waals surface area contributed by atoms with E-state index in [1.165, 1.54) is 19.4 Å². The van der Waals surface area contributed by atoms with E-state index in [1.807, 2.05) is 13.8 Å². The minimum Gasteiger partial charge on any atom is -0.481 e. The second-order valence-electron chi connectivity index (χ2n) is 20.1. The average Bonchev–Trinajstić information content (AvgIpc) is 4.19. The number of hydrogen-bond donors (Lipinski definition) is 17. The molecule has 1 aromatic heterocycles. The van der Waals surface area contributed by atoms with Crippen molar-refractivity contribution in [3.63, 3.8) is 0 Å². The molecule has 0 unspecified atom stereocenters. The smallest absolute Gasteiger partial charge is 0.326 e. The Morgan fingerprint density at radius 2 is 1.07 bits per heavy atom. The highest BCUT2D eigenvalue weighted by Crippen LogP contribution is 2.20. The topological polar surface area (TPSA) is 558 Å². The number of aliphatic hydroxyl groups excluding tert-OH is 1. The van der Waals surface area contributed by atoms with Gasteiger partial charge in [0.15, 0.2) is 0 Å². The lowest BCUT2D eigenvalue weighted by Crippen LogP contribution is -2.60. The fourth-order valence-corrected chi connectivity index (χ4v) is 8.39. The van der Waals surface area contributed by atoms with Crippen LogP contribution in [-0.4, -0.2) is 193 Å². The van der Waals surface area contributed by atoms with Crippen LogP contribution in [0.4, 0.5) is 0 Å². The molecular weight excluding hydrogens is 1080 g/mol. The van der Waals surface area contributed by atoms with E-state index in [-0.39, 0.29) is 63.2 Å². The number of likely N-dealkylation sites (tertiary alicyclic amines) is 1. The van der Waals surface area contributed by atoms with Crippen molar-refractivity contribution in [1.29, 1.82) is 0 Å². The largest absolute Gasteiger partial charge is 0.481 e. The van der Waals surface area contributed by atoms with E-state index in [0.717, 1.165) is 4.90 Å². The standard InChI is InChI=1S/C49H80N16O17/c1-24(2)19-27(51)41(73)64-34(22-66)48(80)65-18-6-8-35(65)47(79)61-31(12-16-39(70)71)45(77)63-33(20-26-21-55-23-56-26)46(78)60-30(10-14-37(53)68)43(75)59-28(7-4-5-17-50)42(74)57-25(3)40(72)58-29(9-13-36(52)67)44(76)62-32(49(81)82)11-15-38(54)69/h21,23-25,27-35,66H,4-20,22,50-51H2,1-3H3,(H2,52,67)(H2,53,68)(H2,54,69)(H,55,56)(H,57,74)(H,58,72)(H,59,75)(H,60,78)(H,61,79)(H,62,76)(H,63,77)(H,64,73)(H,70,71)(H,81,82)/t25-,27-,28-,29-,30-,31-,32-,33-,34-,35-/m0/s1. The summed E-state index contributed by atoms with van der Waals surface area (Å²) in [7, 11) is 0. The first kappa shape index (κ1) is 69.8. The predicted molar refractivity (Wildman–Crippen MR) is 285 cm³/mol. The molecule has 10 atom stereocenters. The van der Waals surface area contributed by atoms with Crippen molar-refractivity contribution >= 4 is 82.8 Å². The third-order valence-electron chi connectivity index (χ3n) is 12.8. The number of aromatic amines is 1. The highest BCUT2D eigenvalue weighted by molar-refractivity contribution is 5.99. The number of unbranched alkanes of at least 4 members (excludes halogenated alkanes) is 1. The van der Waals surface area contributed by atoms with Crippen LogP contribution < -0.4 is 71.2 Å². The molecule has 0 aromatic carbocycles. The first-order valence-electron chi connectivity index (χ1n) is 26.6. The normalized spacial score (nSPS) is 16.2. The summed E-state index contributed by atoms with van der Waals surface area (Å²) in [4.78, 5) is 190. The van der Waals surface area contributed by atoms with Gasteiger partial charge in [0.25, 0.3) is 0 Å². The number of nitrogens with zero attached hydrogens (tertiary/aromatic N) is 2. The van der Waals surface area contributed by atoms with Crippen molar-refractivity contribution in [2.45, 2.75) is 178 Å². The minimum absolute atomic E-state index is 0.00466. The lowest BCUT2D eigenvalue weighted by Gasteiger charge is -2.30. The number of aliphatic carboxylic acids is 2. The van der Waals surface area contributed by atoms with E-state index in [4.69, 9.17) is 28.7 Å². The first-order chi connectivity index (χ1) is 38.6. The number of nitrogens with two attached hydrogens (primary N) is 5. The summed E-state index contributed by atoms with van der Waals surface area (Å²) < 4.78 is 0. The zero-order valence-electron chi connectivity index (χ0n) is 46.1. The number of carboxylic acid groups (broad SMARTS) is 2. The number of carbonyl (C=O) groups excluding carboxylic acids is 12. The molecule has 1 saturated heterocycles. The molecule has 1 aromatic rings. The van der Waals surface area contributed by atoms with E-state index >= 15 is 0 Å². The van der Waals surface area contributed by atoms with Gasteiger partial charge >= 0.3 is 11.9 Å². The second kappa shape index (κ2) is 35.4. The molecule has 33 heteroatoms. The van der Waals surface area contributed by atoms with Crippen molar-refractivity contribution in [3.8, 4) is 0 Å². The summed E-state index contributed by atoms with van der Waals surface area (Å²) in [6.07, 6.45) is -0.695. The van der Waals surface area contributed by atoms with Crippen molar-refractivity contribution in [1.82, 2.24) is 57.4 Å². The van der Waals surface area contributed by atoms with Gasteiger partial charge in [0.2, 0.25) is 70.9 Å². The predicted octanol–water partition coefficient (Wildman–Crippen LogP) is -6.92. The van der Waals surface area contributed by atoms with Crippen molar-refractivity contribution in [2.24, 2.45) is 34.6 Å². The molecule has 1 aliphatic rings. The highest BCUT2D eigenvalue weighted by atomic mass is 16.4. The maximum Gasteiger partial charge on any atom is 0.326 e. The SMILES string of the molecule is CC(C)C[C@H](N)C(=O)N[C@@H](CO)C(=O)N1CCC[C@H]1C(=O)N[C@@H](CCC(=O)O)C(=O)N[C@@H](Cc1cnc[nH]1)C(=O)N[C@@H](CCC(N)=O)C(=O)N[C@@H](CCCCN)C(=O)N[C@@H](C)C(=O)N[C@@H](CCC(N)=O)C(=O)N[C@@H](CCC(N)=O)C(=O)O. The van der Waals surface area contributed by atoms with Crippen LogP contribution in [0.15, 0.2) is 12.5 Å². The Bertz CT molecular complexity index is 2410. The van der Waals surface area contributed by atoms with Crippen LogP contribution in [0.25, 0.3) is 0 Å². The first-order valence-corrected chi connectivity index (χ1v) is 26.6. The molecule has 2 heterocycles. The van der Waals surface area contributed by atoms with Crippen LogP contribution in [0.1, 0.15) is 116 Å². The summed E-state index contributed by atoms with van der Waals surface area (Å²) in [6.45, 7) is 4.17. The maximum atomic E-state index is 14.3. The number of carbonyl (C=O) groups is 14. The fraction of sp³-hybridized carbons (Fsp3) is 0.653. The Morgan fingerprint density at radius 1 is 0.610 bits per heavy atom. The number of nitrogens with one attached hydrogen (secondary N) is 9. The monoisotopic (exact) mass is 1160 g/mol. The number of amides is 12. The Hall–Kier alpha value is -8.33. The summed E-state index contributed by atoms with van der Waals surface area (Å²) in [5.41, 5.74) is 27.7. The minimum atomic E-state index is -1.68. The fourth-order valence-electron chi connectivity index (χ4n) is 8.39. The average molecular weight is 1170 g/mol. The van der Waals surface area contributed by atoms with Gasteiger partial charge in [-0.2, -0.15) is 0 Å². The molecule has 1 fully saturated rings. The van der Waals surface area contributed by atoms with Crippen LogP contribution >= 0.6 is 0 Å². The molecule has 0 spiro atoms. The van der Waals surface area contributed by atoms with Crippen molar-refractivity contribution < 1.29 is 82.4 Å². The van der Waals surface area contributed by atoms with Gasteiger partial charge in [-0.25, -0.2) is 9.78 Å². The summed E-state index contributed by atoms with van der Waals surface area (Å²) >= 11 is 0. The Kier molecular flexibility index (Phi) is 30.1. The molecule has 22 N–H and O–H groups in total. The zero-order chi connectivity index (χ0) is 61.8. The second-order valence-corrected chi connectivity index (χ2v) is 20.1. The van der Waals surface area contributed by atoms with E-state index < -0.39 is 201 Å². The van der Waals surface area contributed by atoms with Gasteiger partial charge in [-0.1, -0.05) is 13.8 Å². The molecule has 82 heavy (non-hydrogen) atoms. The lowest BCUT2D eigenvalue weighted by atomic mass is 10.0. The van der Waals surface area contributed by atoms with E-state index in [2.05, 4.69) is 52.5 Å². The highest BCUT2D eigenvalue weighted by Gasteiger charge is 2.40. The molecule has 2 rings (SSSR count). The van der Waals surface area contributed by atoms with Gasteiger partial charge < -0.3 is 96.4 Å². The van der Waals surface area contributed by atoms with Crippen LogP contribution in [0, 0.1) is 5.92 Å². The van der Waals surface area contributed by atoms with Crippen LogP contribution in [0.3, 0.4) is 0 Å². The van der Waals surface area contributed by atoms with Gasteiger partial charge in [0.1, 0.15) is 54.4 Å². The molecule has 33 nitrogen and oxygen atoms in total. The molecule has 458 valence electrons. The summed E-state index contributed by atoms with van der Waals surface area (Å²) in [5, 5.41) is 48.4. The van der Waals surface area contributed by atoms with E-state index in [1.54, 1.807) is 0 Å². The molecular formula is C49H80N16O17. The van der Waals surface area contributed by atoms with Gasteiger partial charge in [0, 0.05) is 50.5 Å². The molecule has 0 aliphatic carbocycles. The van der Waals surface area contributed by atoms with Crippen molar-refractivity contribution in [3.05, 3.63) is 18.2 Å². The van der Waals surface area contributed by atoms with Crippen molar-refractivity contribution in [2.75, 3.05) is 19.7 Å². The molecule has 12 amide bonds. The Balaban J connectivity index is 2.41. The zero-order valence-corrected chi connectivity index (χ0v) is 46.1. The van der Waals surface area contributed by atoms with Gasteiger partial charge in [0.05, 0.1) is 19.0 Å². The number of aromatic nitrogens is 2. The number of hydrogen-bond acceptors (Lipinski definition) is 18. The van der Waals surface area contributed by atoms with Gasteiger partial charge in [-0.05, 0) is 83.6 Å². The molecule has 1 aliphatic heterocycles. The maximum absolute atomic E-state index is 14.3. The van der Waals surface area contributed by atoms with Gasteiger partial charge in [-0.15, -0.1) is 0 Å². The van der Waals surface area contributed by atoms with Crippen LogP contribution in [0.5, 0.6) is 0 Å². The molecule has 0 bridgehead atoms. The number of carboxylic acids is 2. The summed E-state index contributed by atoms with van der Waals surface area (Å²) in [5.74, 6) is -14.3. The number of rotatable bonds is 39. The van der Waals surface area contributed by atoms with E-state index in [9.17, 15) is 82.4 Å². The van der Waals surface area contributed by atoms with E-state index in [0.29, 0.717) is 6.42 Å². The number of imidazole rings is 1. The molecule has 0 saturated carbocycles. The molecule has 0 radical (unpaired) electrons. The van der Waals surface area contributed by atoms with Crippen LogP contribution in [0.2, 0.25) is 0 Å². The number of primary amides is 3. The Labute approximate surface area is 471 Å². The van der Waals surface area contributed by atoms with Gasteiger partial charge in [-0.3, -0.25) is 62.3 Å². The summed E-state index contributed by atoms with van der Waals surface area (Å²) in [6, 6.07) is -14.9. The Morgan fingerprint density at radius 3 is 1.56 bits per heavy atom. The number of aliphatic hydroxyl groups is 1. The third kappa shape index (κ3) is 25.0. The van der Waals surface area contributed by atoms with Crippen LogP contribution in [-0.2, 0) is 73.5 Å².